The van der Waals surface area contributed by atoms with Crippen LogP contribution in [0.2, 0.25) is 0 Å². The highest BCUT2D eigenvalue weighted by Crippen LogP contribution is 2.43. The van der Waals surface area contributed by atoms with Crippen molar-refractivity contribution in [1.29, 1.82) is 0 Å². The molecule has 0 bridgehead atoms. The fourth-order valence-corrected chi connectivity index (χ4v) is 6.20. The zero-order valence-corrected chi connectivity index (χ0v) is 19.3. The van der Waals surface area contributed by atoms with Gasteiger partial charge in [-0.15, -0.1) is 11.3 Å². The van der Waals surface area contributed by atoms with Crippen LogP contribution >= 0.6 is 11.3 Å². The largest absolute Gasteiger partial charge is 0.277 e. The highest BCUT2D eigenvalue weighted by atomic mass is 32.1. The van der Waals surface area contributed by atoms with E-state index in [1.165, 1.54) is 15.5 Å². The van der Waals surface area contributed by atoms with Gasteiger partial charge in [-0.2, -0.15) is 5.10 Å². The number of pyridine rings is 1. The summed E-state index contributed by atoms with van der Waals surface area (Å²) in [4.78, 5) is 10.2. The monoisotopic (exact) mass is 467 g/mol. The molecule has 0 saturated carbocycles. The summed E-state index contributed by atoms with van der Waals surface area (Å²) in [6.07, 6.45) is 1.87. The third-order valence-electron chi connectivity index (χ3n) is 6.68. The Morgan fingerprint density at radius 2 is 1.29 bits per heavy atom. The van der Waals surface area contributed by atoms with E-state index in [0.29, 0.717) is 5.95 Å². The molecule has 0 spiro atoms. The summed E-state index contributed by atoms with van der Waals surface area (Å²) in [5.41, 5.74) is 8.38. The molecule has 0 aliphatic heterocycles. The molecule has 6 heteroatoms. The minimum Gasteiger partial charge on any atom is -0.277 e. The lowest BCUT2D eigenvalue weighted by Crippen LogP contribution is -2.03. The second-order valence-corrected chi connectivity index (χ2v) is 9.51. The molecule has 35 heavy (non-hydrogen) atoms. The van der Waals surface area contributed by atoms with Crippen LogP contribution in [0.1, 0.15) is 0 Å². The summed E-state index contributed by atoms with van der Waals surface area (Å²) >= 11 is 1.75. The smallest absolute Gasteiger partial charge is 0.235 e. The van der Waals surface area contributed by atoms with Crippen LogP contribution in [0.5, 0.6) is 0 Å². The first-order valence-corrected chi connectivity index (χ1v) is 12.3. The highest BCUT2D eigenvalue weighted by molar-refractivity contribution is 7.19. The first-order chi connectivity index (χ1) is 17.4. The summed E-state index contributed by atoms with van der Waals surface area (Å²) in [5, 5.41) is 9.29. The van der Waals surface area contributed by atoms with E-state index in [4.69, 9.17) is 9.97 Å². The second-order valence-electron chi connectivity index (χ2n) is 8.63. The predicted molar refractivity (Wildman–Crippen MR) is 143 cm³/mol. The van der Waals surface area contributed by atoms with Gasteiger partial charge in [-0.25, -0.2) is 14.5 Å². The lowest BCUT2D eigenvalue weighted by molar-refractivity contribution is 0.995. The normalized spacial score (nSPS) is 12.0. The van der Waals surface area contributed by atoms with Gasteiger partial charge in [0, 0.05) is 27.3 Å². The van der Waals surface area contributed by atoms with E-state index in [2.05, 4.69) is 69.6 Å². The molecule has 0 N–H and O–H groups in total. The fourth-order valence-electron chi connectivity index (χ4n) is 5.15. The Labute approximate surface area is 203 Å². The Hall–Kier alpha value is -4.55. The molecule has 3 aromatic carbocycles. The number of fused-ring (bicyclic) bond motifs is 3. The number of nitrogens with zero attached hydrogens (tertiary/aromatic N) is 5. The van der Waals surface area contributed by atoms with Crippen molar-refractivity contribution in [3.63, 3.8) is 0 Å². The van der Waals surface area contributed by atoms with Gasteiger partial charge in [0.15, 0.2) is 0 Å². The molecular weight excluding hydrogens is 450 g/mol. The zero-order valence-electron chi connectivity index (χ0n) is 18.5. The molecule has 0 aliphatic rings. The quantitative estimate of drug-likeness (QED) is 0.276. The van der Waals surface area contributed by atoms with Crippen molar-refractivity contribution < 1.29 is 0 Å². The minimum absolute atomic E-state index is 0.672. The van der Waals surface area contributed by atoms with Gasteiger partial charge in [-0.1, -0.05) is 66.7 Å². The number of thiophene rings is 1. The van der Waals surface area contributed by atoms with E-state index in [1.54, 1.807) is 11.3 Å². The Kier molecular flexibility index (Phi) is 3.75. The van der Waals surface area contributed by atoms with Crippen molar-refractivity contribution in [2.75, 3.05) is 0 Å². The maximum absolute atomic E-state index is 5.10. The molecule has 164 valence electrons. The summed E-state index contributed by atoms with van der Waals surface area (Å²) in [5.74, 6) is 0.672. The number of hydrogen-bond donors (Lipinski definition) is 0. The van der Waals surface area contributed by atoms with Gasteiger partial charge < -0.3 is 0 Å². The molecule has 0 fully saturated rings. The molecule has 0 amide bonds. The molecule has 5 aromatic heterocycles. The van der Waals surface area contributed by atoms with Gasteiger partial charge in [-0.3, -0.25) is 4.57 Å². The molecule has 0 saturated heterocycles. The third-order valence-corrected chi connectivity index (χ3v) is 7.67. The first kappa shape index (κ1) is 18.8. The molecular formula is C29H17N5S. The predicted octanol–water partition coefficient (Wildman–Crippen LogP) is 7.21. The summed E-state index contributed by atoms with van der Waals surface area (Å²) < 4.78 is 5.49. The lowest BCUT2D eigenvalue weighted by Gasteiger charge is -2.11. The Bertz CT molecular complexity index is 1940. The van der Waals surface area contributed by atoms with E-state index in [0.717, 1.165) is 44.6 Å². The summed E-state index contributed by atoms with van der Waals surface area (Å²) in [6.45, 7) is 0. The van der Waals surface area contributed by atoms with Crippen molar-refractivity contribution in [1.82, 2.24) is 24.1 Å². The zero-order chi connectivity index (χ0) is 22.9. The lowest BCUT2D eigenvalue weighted by atomic mass is 10.1. The topological polar surface area (TPSA) is 48.0 Å². The van der Waals surface area contributed by atoms with E-state index in [9.17, 15) is 0 Å². The van der Waals surface area contributed by atoms with Crippen LogP contribution in [0.3, 0.4) is 0 Å². The molecule has 0 atom stereocenters. The molecule has 8 aromatic rings. The van der Waals surface area contributed by atoms with E-state index < -0.39 is 0 Å². The van der Waals surface area contributed by atoms with Crippen LogP contribution in [0.25, 0.3) is 66.0 Å². The highest BCUT2D eigenvalue weighted by Gasteiger charge is 2.23. The number of aromatic nitrogens is 5. The van der Waals surface area contributed by atoms with Crippen LogP contribution in [0.15, 0.2) is 103 Å². The maximum atomic E-state index is 5.10. The average Bonchev–Trinajstić information content (AvgIpc) is 3.64. The van der Waals surface area contributed by atoms with Gasteiger partial charge in [0.25, 0.3) is 0 Å². The maximum Gasteiger partial charge on any atom is 0.235 e. The fraction of sp³-hybridized carbons (Fsp3) is 0. The minimum atomic E-state index is 0.672. The van der Waals surface area contributed by atoms with Crippen molar-refractivity contribution in [2.24, 2.45) is 0 Å². The van der Waals surface area contributed by atoms with Crippen LogP contribution in [0, 0.1) is 0 Å². The molecule has 5 nitrogen and oxygen atoms in total. The van der Waals surface area contributed by atoms with E-state index in [1.807, 2.05) is 47.1 Å². The van der Waals surface area contributed by atoms with Gasteiger partial charge in [0.05, 0.1) is 44.4 Å². The van der Waals surface area contributed by atoms with Crippen LogP contribution in [-0.4, -0.2) is 24.1 Å². The van der Waals surface area contributed by atoms with Gasteiger partial charge in [0.2, 0.25) is 5.95 Å². The third kappa shape index (κ3) is 2.60. The molecule has 8 rings (SSSR count). The van der Waals surface area contributed by atoms with Crippen molar-refractivity contribution in [3.8, 4) is 28.5 Å². The number of benzene rings is 3. The second kappa shape index (κ2) is 6.98. The van der Waals surface area contributed by atoms with Crippen molar-refractivity contribution in [3.05, 3.63) is 103 Å². The van der Waals surface area contributed by atoms with Crippen molar-refractivity contribution >= 4 is 48.9 Å². The molecule has 0 radical (unpaired) electrons. The summed E-state index contributed by atoms with van der Waals surface area (Å²) in [6, 6.07) is 31.2. The average molecular weight is 468 g/mol. The van der Waals surface area contributed by atoms with E-state index in [-0.39, 0.29) is 0 Å². The molecule has 0 unspecified atom stereocenters. The van der Waals surface area contributed by atoms with Gasteiger partial charge in [0.1, 0.15) is 0 Å². The van der Waals surface area contributed by atoms with Crippen LogP contribution in [-0.2, 0) is 0 Å². The Morgan fingerprint density at radius 1 is 0.600 bits per heavy atom. The van der Waals surface area contributed by atoms with Gasteiger partial charge >= 0.3 is 0 Å². The number of hydrogen-bond acceptors (Lipinski definition) is 4. The standard InChI is InChI=1S/C29H17N5S/c1-3-8-18(9-4-1)20-16-21(19-10-5-2-6-11-19)32-29(31-20)33-22-12-7-13-23-26(22)27-25(33)17-35-28(27)24-14-15-30-34(23)24/h1-17H. The van der Waals surface area contributed by atoms with Gasteiger partial charge in [-0.05, 0) is 24.3 Å². The van der Waals surface area contributed by atoms with Crippen molar-refractivity contribution in [2.45, 2.75) is 0 Å². The van der Waals surface area contributed by atoms with E-state index >= 15 is 0 Å². The summed E-state index contributed by atoms with van der Waals surface area (Å²) in [7, 11) is 0. The first-order valence-electron chi connectivity index (χ1n) is 11.5. The molecule has 0 aliphatic carbocycles. The molecule has 5 heterocycles. The Balaban J connectivity index is 1.50. The van der Waals surface area contributed by atoms with Crippen LogP contribution in [0.4, 0.5) is 0 Å². The Morgan fingerprint density at radius 3 is 2.00 bits per heavy atom. The van der Waals surface area contributed by atoms with Crippen LogP contribution < -0.4 is 0 Å². The SMILES string of the molecule is c1ccc(-c2cc(-c3ccccc3)nc(-n3c4csc5c4c4c3cccc4n3nccc53)n2)cc1. The number of rotatable bonds is 3.